The van der Waals surface area contributed by atoms with E-state index >= 15 is 0 Å². The summed E-state index contributed by atoms with van der Waals surface area (Å²) in [5.74, 6) is -6.43. The Bertz CT molecular complexity index is 826. The predicted molar refractivity (Wildman–Crippen MR) is 77.1 cm³/mol. The van der Waals surface area contributed by atoms with E-state index in [0.717, 1.165) is 11.1 Å². The lowest BCUT2D eigenvalue weighted by Crippen LogP contribution is -1.98. The average Bonchev–Trinajstić information content (AvgIpc) is 2.57. The molecular weight excluding hydrogens is 292 g/mol. The molecule has 0 aromatic heterocycles. The minimum Gasteiger partial charge on any atom is -0.204 e. The highest BCUT2D eigenvalue weighted by Crippen LogP contribution is 2.30. The minimum atomic E-state index is -1.81. The van der Waals surface area contributed by atoms with Gasteiger partial charge in [0.2, 0.25) is 0 Å². The van der Waals surface area contributed by atoms with Crippen LogP contribution in [0.1, 0.15) is 0 Å². The first kappa shape index (κ1) is 14.3. The van der Waals surface area contributed by atoms with E-state index in [4.69, 9.17) is 0 Å². The van der Waals surface area contributed by atoms with Gasteiger partial charge in [0.15, 0.2) is 23.3 Å². The maximum atomic E-state index is 13.9. The Hall–Kier alpha value is -2.62. The van der Waals surface area contributed by atoms with Gasteiger partial charge in [0.25, 0.3) is 0 Å². The maximum Gasteiger partial charge on any atom is 0.198 e. The smallest absolute Gasteiger partial charge is 0.198 e. The molecule has 3 rings (SSSR count). The zero-order chi connectivity index (χ0) is 15.7. The van der Waals surface area contributed by atoms with Gasteiger partial charge in [0.1, 0.15) is 0 Å². The molecule has 0 saturated heterocycles. The second kappa shape index (κ2) is 5.64. The second-order valence-electron chi connectivity index (χ2n) is 4.79. The summed E-state index contributed by atoms with van der Waals surface area (Å²) in [7, 11) is 0. The van der Waals surface area contributed by atoms with Gasteiger partial charge in [-0.25, -0.2) is 17.6 Å². The van der Waals surface area contributed by atoms with Crippen molar-refractivity contribution in [1.82, 2.24) is 0 Å². The number of hydrogen-bond acceptors (Lipinski definition) is 0. The van der Waals surface area contributed by atoms with Crippen molar-refractivity contribution in [2.75, 3.05) is 0 Å². The largest absolute Gasteiger partial charge is 0.204 e. The van der Waals surface area contributed by atoms with Crippen molar-refractivity contribution in [2.24, 2.45) is 0 Å². The van der Waals surface area contributed by atoms with Gasteiger partial charge in [-0.05, 0) is 28.8 Å². The van der Waals surface area contributed by atoms with Gasteiger partial charge in [-0.3, -0.25) is 0 Å². The summed E-state index contributed by atoms with van der Waals surface area (Å²) >= 11 is 0. The molecule has 3 aromatic rings. The zero-order valence-electron chi connectivity index (χ0n) is 11.3. The van der Waals surface area contributed by atoms with Crippen LogP contribution in [0.4, 0.5) is 17.6 Å². The monoisotopic (exact) mass is 302 g/mol. The van der Waals surface area contributed by atoms with E-state index in [1.807, 2.05) is 30.3 Å². The molecule has 0 fully saturated rings. The highest BCUT2D eigenvalue weighted by Gasteiger charge is 2.19. The summed E-state index contributed by atoms with van der Waals surface area (Å²) in [6.07, 6.45) is 0. The van der Waals surface area contributed by atoms with E-state index < -0.39 is 23.3 Å². The van der Waals surface area contributed by atoms with Crippen molar-refractivity contribution in [2.45, 2.75) is 0 Å². The van der Waals surface area contributed by atoms with Crippen molar-refractivity contribution in [3.05, 3.63) is 83.9 Å². The van der Waals surface area contributed by atoms with E-state index in [1.165, 1.54) is 6.07 Å². The molecule has 3 aromatic carbocycles. The second-order valence-corrected chi connectivity index (χ2v) is 4.79. The van der Waals surface area contributed by atoms with Crippen molar-refractivity contribution in [1.29, 1.82) is 0 Å². The fourth-order valence-electron chi connectivity index (χ4n) is 2.28. The number of hydrogen-bond donors (Lipinski definition) is 0. The number of benzene rings is 3. The molecule has 0 nitrogen and oxygen atoms in total. The van der Waals surface area contributed by atoms with E-state index in [1.54, 1.807) is 18.2 Å². The quantitative estimate of drug-likeness (QED) is 0.329. The average molecular weight is 302 g/mol. The number of halogens is 4. The molecule has 0 bridgehead atoms. The molecule has 0 saturated carbocycles. The Morgan fingerprint density at radius 2 is 1.14 bits per heavy atom. The third-order valence-corrected chi connectivity index (χ3v) is 3.38. The summed E-state index contributed by atoms with van der Waals surface area (Å²) in [6, 6.07) is 16.5. The van der Waals surface area contributed by atoms with Crippen LogP contribution in [0.2, 0.25) is 0 Å². The Morgan fingerprint density at radius 1 is 0.500 bits per heavy atom. The SMILES string of the molecule is Fc1cc(-c2cccc(-c3ccccc3)c2)c(F)c(F)c1F. The molecule has 0 aliphatic heterocycles. The Labute approximate surface area is 124 Å². The van der Waals surface area contributed by atoms with Gasteiger partial charge in [-0.1, -0.05) is 48.5 Å². The molecule has 0 heterocycles. The summed E-state index contributed by atoms with van der Waals surface area (Å²) < 4.78 is 53.6. The Morgan fingerprint density at radius 3 is 1.86 bits per heavy atom. The highest BCUT2D eigenvalue weighted by atomic mass is 19.2. The van der Waals surface area contributed by atoms with E-state index in [-0.39, 0.29) is 11.1 Å². The van der Waals surface area contributed by atoms with Gasteiger partial charge in [0.05, 0.1) is 0 Å². The zero-order valence-corrected chi connectivity index (χ0v) is 11.3. The van der Waals surface area contributed by atoms with Crippen LogP contribution < -0.4 is 0 Å². The van der Waals surface area contributed by atoms with Crippen LogP contribution in [0, 0.1) is 23.3 Å². The van der Waals surface area contributed by atoms with Gasteiger partial charge in [-0.2, -0.15) is 0 Å². The number of rotatable bonds is 2. The molecule has 0 spiro atoms. The topological polar surface area (TPSA) is 0 Å². The lowest BCUT2D eigenvalue weighted by atomic mass is 9.98. The first-order chi connectivity index (χ1) is 10.6. The van der Waals surface area contributed by atoms with Gasteiger partial charge in [-0.15, -0.1) is 0 Å². The first-order valence-electron chi connectivity index (χ1n) is 6.57. The Kier molecular flexibility index (Phi) is 3.67. The molecule has 4 heteroatoms. The van der Waals surface area contributed by atoms with Gasteiger partial charge < -0.3 is 0 Å². The third-order valence-electron chi connectivity index (χ3n) is 3.38. The molecule has 0 aliphatic carbocycles. The van der Waals surface area contributed by atoms with Crippen molar-refractivity contribution in [3.63, 3.8) is 0 Å². The molecule has 0 amide bonds. The molecule has 0 unspecified atom stereocenters. The highest BCUT2D eigenvalue weighted by molar-refractivity contribution is 5.73. The summed E-state index contributed by atoms with van der Waals surface area (Å²) in [5, 5.41) is 0. The van der Waals surface area contributed by atoms with Crippen molar-refractivity contribution < 1.29 is 17.6 Å². The fourth-order valence-corrected chi connectivity index (χ4v) is 2.28. The lowest BCUT2D eigenvalue weighted by molar-refractivity contribution is 0.411. The molecule has 22 heavy (non-hydrogen) atoms. The van der Waals surface area contributed by atoms with E-state index in [9.17, 15) is 17.6 Å². The molecule has 0 N–H and O–H groups in total. The van der Waals surface area contributed by atoms with Gasteiger partial charge in [0, 0.05) is 5.56 Å². The van der Waals surface area contributed by atoms with Crippen molar-refractivity contribution in [3.8, 4) is 22.3 Å². The van der Waals surface area contributed by atoms with E-state index in [2.05, 4.69) is 0 Å². The molecular formula is C18H10F4. The van der Waals surface area contributed by atoms with Crippen LogP contribution in [0.15, 0.2) is 60.7 Å². The lowest BCUT2D eigenvalue weighted by Gasteiger charge is -2.08. The first-order valence-corrected chi connectivity index (χ1v) is 6.57. The summed E-state index contributed by atoms with van der Waals surface area (Å²) in [4.78, 5) is 0. The normalized spacial score (nSPS) is 10.7. The summed E-state index contributed by atoms with van der Waals surface area (Å²) in [6.45, 7) is 0. The van der Waals surface area contributed by atoms with Crippen LogP contribution in [0.25, 0.3) is 22.3 Å². The molecule has 0 radical (unpaired) electrons. The van der Waals surface area contributed by atoms with Crippen LogP contribution in [-0.4, -0.2) is 0 Å². The molecule has 0 atom stereocenters. The maximum absolute atomic E-state index is 13.9. The van der Waals surface area contributed by atoms with Crippen LogP contribution >= 0.6 is 0 Å². The molecule has 110 valence electrons. The van der Waals surface area contributed by atoms with E-state index in [0.29, 0.717) is 6.07 Å². The predicted octanol–water partition coefficient (Wildman–Crippen LogP) is 5.58. The Balaban J connectivity index is 2.15. The fraction of sp³-hybridized carbons (Fsp3) is 0. The summed E-state index contributed by atoms with van der Waals surface area (Å²) in [5.41, 5.74) is 1.61. The third kappa shape index (κ3) is 2.48. The van der Waals surface area contributed by atoms with Crippen LogP contribution in [0.5, 0.6) is 0 Å². The van der Waals surface area contributed by atoms with Crippen molar-refractivity contribution >= 4 is 0 Å². The standard InChI is InChI=1S/C18H10F4/c19-15-10-14(16(20)18(22)17(15)21)13-8-4-7-12(9-13)11-5-2-1-3-6-11/h1-10H. The van der Waals surface area contributed by atoms with Gasteiger partial charge >= 0.3 is 0 Å². The molecule has 0 aliphatic rings. The van der Waals surface area contributed by atoms with Crippen LogP contribution in [0.3, 0.4) is 0 Å². The minimum absolute atomic E-state index is 0.275. The van der Waals surface area contributed by atoms with Crippen LogP contribution in [-0.2, 0) is 0 Å².